The van der Waals surface area contributed by atoms with Crippen molar-refractivity contribution in [2.75, 3.05) is 0 Å². The molecular formula is C14H15BrCl2O. The Bertz CT molecular complexity index is 476. The van der Waals surface area contributed by atoms with Gasteiger partial charge in [-0.3, -0.25) is 4.79 Å². The summed E-state index contributed by atoms with van der Waals surface area (Å²) in [4.78, 5) is 12.1. The van der Waals surface area contributed by atoms with Crippen molar-refractivity contribution in [1.29, 1.82) is 0 Å². The summed E-state index contributed by atoms with van der Waals surface area (Å²) in [5, 5.41) is 1.25. The summed E-state index contributed by atoms with van der Waals surface area (Å²) in [6.07, 6.45) is 0. The van der Waals surface area contributed by atoms with Crippen molar-refractivity contribution in [3.63, 3.8) is 0 Å². The number of alkyl halides is 1. The van der Waals surface area contributed by atoms with Crippen LogP contribution in [0, 0.1) is 11.3 Å². The monoisotopic (exact) mass is 348 g/mol. The largest absolute Gasteiger partial charge is 0.298 e. The Balaban J connectivity index is 2.32. The van der Waals surface area contributed by atoms with E-state index in [2.05, 4.69) is 29.8 Å². The van der Waals surface area contributed by atoms with Gasteiger partial charge in [0.05, 0.1) is 4.83 Å². The molecule has 98 valence electrons. The molecule has 0 N–H and O–H groups in total. The van der Waals surface area contributed by atoms with Gasteiger partial charge in [-0.1, -0.05) is 53.0 Å². The van der Waals surface area contributed by atoms with Gasteiger partial charge >= 0.3 is 0 Å². The molecule has 1 aliphatic rings. The Morgan fingerprint density at radius 3 is 2.22 bits per heavy atom. The highest BCUT2D eigenvalue weighted by Crippen LogP contribution is 2.65. The maximum atomic E-state index is 12.2. The maximum absolute atomic E-state index is 12.2. The van der Waals surface area contributed by atoms with Gasteiger partial charge in [-0.15, -0.1) is 0 Å². The second-order valence-electron chi connectivity index (χ2n) is 5.50. The van der Waals surface area contributed by atoms with Gasteiger partial charge in [0.25, 0.3) is 0 Å². The smallest absolute Gasteiger partial charge is 0.150 e. The van der Waals surface area contributed by atoms with Gasteiger partial charge in [0.2, 0.25) is 0 Å². The Morgan fingerprint density at radius 2 is 1.78 bits per heavy atom. The molecule has 3 atom stereocenters. The fraction of sp³-hybridized carbons (Fsp3) is 0.500. The molecule has 4 heteroatoms. The van der Waals surface area contributed by atoms with Crippen molar-refractivity contribution in [2.45, 2.75) is 31.5 Å². The van der Waals surface area contributed by atoms with Gasteiger partial charge in [0.15, 0.2) is 0 Å². The summed E-state index contributed by atoms with van der Waals surface area (Å²) in [7, 11) is 0. The van der Waals surface area contributed by atoms with Crippen LogP contribution in [0.1, 0.15) is 32.3 Å². The lowest BCUT2D eigenvalue weighted by Gasteiger charge is -2.04. The standard InChI is InChI=1S/C14H15BrCl2O/c1-7(15)13(18)12-11(14(12,2)3)8-4-9(16)6-10(17)5-8/h4-7,11-12H,1-3H3/t7?,11-,12+/m1/s1. The van der Waals surface area contributed by atoms with Crippen LogP contribution in [-0.4, -0.2) is 10.6 Å². The molecule has 0 saturated heterocycles. The number of Topliss-reactive ketones (excluding diaryl/α,β-unsaturated/α-hetero) is 1. The highest BCUT2D eigenvalue weighted by atomic mass is 79.9. The molecule has 1 aliphatic carbocycles. The van der Waals surface area contributed by atoms with E-state index in [1.54, 1.807) is 6.07 Å². The molecule has 0 bridgehead atoms. The molecule has 1 aromatic rings. The van der Waals surface area contributed by atoms with Gasteiger partial charge in [0.1, 0.15) is 5.78 Å². The topological polar surface area (TPSA) is 17.1 Å². The molecule has 1 saturated carbocycles. The molecule has 0 radical (unpaired) electrons. The van der Waals surface area contributed by atoms with Crippen LogP contribution in [0.15, 0.2) is 18.2 Å². The summed E-state index contributed by atoms with van der Waals surface area (Å²) in [6.45, 7) is 6.10. The Hall–Kier alpha value is -0.0500. The SMILES string of the molecule is CC(Br)C(=O)[C@@H]1[C@@H](c2cc(Cl)cc(Cl)c2)C1(C)C. The zero-order valence-electron chi connectivity index (χ0n) is 10.5. The number of carbonyl (C=O) groups excluding carboxylic acids is 1. The van der Waals surface area contributed by atoms with Crippen LogP contribution >= 0.6 is 39.1 Å². The molecular weight excluding hydrogens is 335 g/mol. The van der Waals surface area contributed by atoms with Gasteiger partial charge in [-0.05, 0) is 36.1 Å². The summed E-state index contributed by atoms with van der Waals surface area (Å²) in [6, 6.07) is 5.53. The van der Waals surface area contributed by atoms with Crippen LogP contribution in [0.25, 0.3) is 0 Å². The van der Waals surface area contributed by atoms with Crippen molar-refractivity contribution < 1.29 is 4.79 Å². The van der Waals surface area contributed by atoms with Crippen molar-refractivity contribution in [3.05, 3.63) is 33.8 Å². The highest BCUT2D eigenvalue weighted by molar-refractivity contribution is 9.10. The van der Waals surface area contributed by atoms with Crippen LogP contribution in [0.2, 0.25) is 10.0 Å². The van der Waals surface area contributed by atoms with Crippen LogP contribution in [0.3, 0.4) is 0 Å². The molecule has 0 spiro atoms. The van der Waals surface area contributed by atoms with Crippen molar-refractivity contribution in [3.8, 4) is 0 Å². The lowest BCUT2D eigenvalue weighted by Crippen LogP contribution is -2.15. The average Bonchev–Trinajstić information content (AvgIpc) is 2.78. The van der Waals surface area contributed by atoms with Gasteiger partial charge in [-0.2, -0.15) is 0 Å². The van der Waals surface area contributed by atoms with Crippen molar-refractivity contribution >= 4 is 44.9 Å². The fourth-order valence-corrected chi connectivity index (χ4v) is 3.62. The fourth-order valence-electron chi connectivity index (χ4n) is 2.79. The molecule has 1 nitrogen and oxygen atoms in total. The molecule has 1 fully saturated rings. The number of carbonyl (C=O) groups is 1. The van der Waals surface area contributed by atoms with E-state index < -0.39 is 0 Å². The normalized spacial score (nSPS) is 26.8. The van der Waals surface area contributed by atoms with Crippen molar-refractivity contribution in [1.82, 2.24) is 0 Å². The maximum Gasteiger partial charge on any atom is 0.150 e. The van der Waals surface area contributed by atoms with E-state index in [-0.39, 0.29) is 27.9 Å². The molecule has 18 heavy (non-hydrogen) atoms. The van der Waals surface area contributed by atoms with E-state index in [0.717, 1.165) is 5.56 Å². The number of hydrogen-bond acceptors (Lipinski definition) is 1. The van der Waals surface area contributed by atoms with E-state index in [4.69, 9.17) is 23.2 Å². The van der Waals surface area contributed by atoms with Crippen LogP contribution in [0.5, 0.6) is 0 Å². The Kier molecular flexibility index (Phi) is 3.84. The molecule has 0 aliphatic heterocycles. The Labute approximate surface area is 126 Å². The first kappa shape index (κ1) is 14.4. The first-order chi connectivity index (χ1) is 8.25. The minimum atomic E-state index is -0.110. The summed E-state index contributed by atoms with van der Waals surface area (Å²) in [5.74, 6) is 0.503. The molecule has 1 aromatic carbocycles. The lowest BCUT2D eigenvalue weighted by atomic mass is 10.0. The number of benzene rings is 1. The van der Waals surface area contributed by atoms with E-state index in [0.29, 0.717) is 10.0 Å². The van der Waals surface area contributed by atoms with E-state index in [9.17, 15) is 4.79 Å². The Morgan fingerprint density at radius 1 is 1.28 bits per heavy atom. The molecule has 0 heterocycles. The number of rotatable bonds is 3. The van der Waals surface area contributed by atoms with E-state index in [1.807, 2.05) is 19.1 Å². The zero-order valence-corrected chi connectivity index (χ0v) is 13.6. The van der Waals surface area contributed by atoms with Crippen LogP contribution < -0.4 is 0 Å². The van der Waals surface area contributed by atoms with Crippen LogP contribution in [0.4, 0.5) is 0 Å². The molecule has 0 aromatic heterocycles. The van der Waals surface area contributed by atoms with Gasteiger partial charge < -0.3 is 0 Å². The minimum Gasteiger partial charge on any atom is -0.298 e. The second-order valence-corrected chi connectivity index (χ2v) is 7.74. The predicted octanol–water partition coefficient (Wildman–Crippen LogP) is 5.09. The average molecular weight is 350 g/mol. The molecule has 1 unspecified atom stereocenters. The van der Waals surface area contributed by atoms with Gasteiger partial charge in [-0.25, -0.2) is 0 Å². The van der Waals surface area contributed by atoms with E-state index >= 15 is 0 Å². The number of halogens is 3. The first-order valence-corrected chi connectivity index (χ1v) is 7.56. The predicted molar refractivity (Wildman–Crippen MR) is 79.9 cm³/mol. The van der Waals surface area contributed by atoms with E-state index in [1.165, 1.54) is 0 Å². The number of hydrogen-bond donors (Lipinski definition) is 0. The third-order valence-corrected chi connectivity index (χ3v) is 4.66. The first-order valence-electron chi connectivity index (χ1n) is 5.89. The summed E-state index contributed by atoms with van der Waals surface area (Å²) in [5.41, 5.74) is 1.04. The van der Waals surface area contributed by atoms with Gasteiger partial charge in [0, 0.05) is 21.9 Å². The summed E-state index contributed by atoms with van der Waals surface area (Å²) < 4.78 is 0. The van der Waals surface area contributed by atoms with Crippen LogP contribution in [-0.2, 0) is 4.79 Å². The third kappa shape index (κ3) is 2.48. The quantitative estimate of drug-likeness (QED) is 0.695. The minimum absolute atomic E-state index is 0.0207. The van der Waals surface area contributed by atoms with Crippen molar-refractivity contribution in [2.24, 2.45) is 11.3 Å². The second kappa shape index (κ2) is 4.81. The molecule has 2 rings (SSSR count). The third-order valence-electron chi connectivity index (χ3n) is 3.77. The number of ketones is 1. The highest BCUT2D eigenvalue weighted by Gasteiger charge is 2.62. The lowest BCUT2D eigenvalue weighted by molar-refractivity contribution is -0.120. The zero-order chi connectivity index (χ0) is 13.7. The summed E-state index contributed by atoms with van der Waals surface area (Å²) >= 11 is 15.4. The molecule has 0 amide bonds.